The maximum absolute atomic E-state index is 11.7. The fraction of sp³-hybridized carbons (Fsp3) is 0.320. The molecule has 13 nitrogen and oxygen atoms in total. The third kappa shape index (κ3) is 91.8. The summed E-state index contributed by atoms with van der Waals surface area (Å²) in [5.41, 5.74) is 1.07. The molecule has 0 aromatic rings. The number of hydrogen-bond donors (Lipinski definition) is 0. The van der Waals surface area contributed by atoms with Crippen LogP contribution in [0.4, 0.5) is 0 Å². The third-order valence-corrected chi connectivity index (χ3v) is 3.20. The zero-order chi connectivity index (χ0) is 34.8. The van der Waals surface area contributed by atoms with E-state index in [1.54, 1.807) is 0 Å². The molecule has 0 aromatic carbocycles. The first-order chi connectivity index (χ1) is 18.5. The minimum absolute atomic E-state index is 0. The van der Waals surface area contributed by atoms with E-state index in [1.807, 2.05) is 20.8 Å². The summed E-state index contributed by atoms with van der Waals surface area (Å²) in [6, 6.07) is 0. The number of Topliss-reactive ketones (excluding diaryl/α,β-unsaturated/α-hetero) is 1. The van der Waals surface area contributed by atoms with Crippen LogP contribution >= 0.6 is 0 Å². The molecule has 15 heteroatoms. The van der Waals surface area contributed by atoms with E-state index in [9.17, 15) is 4.79 Å². The van der Waals surface area contributed by atoms with Gasteiger partial charge in [-0.3, -0.25) is 4.79 Å². The van der Waals surface area contributed by atoms with Gasteiger partial charge in [0.2, 0.25) is 0 Å². The Kier molecular flexibility index (Phi) is 348. The summed E-state index contributed by atoms with van der Waals surface area (Å²) in [6.07, 6.45) is 10.0. The Hall–Kier alpha value is -3.14. The third-order valence-electron chi connectivity index (χ3n) is 3.20. The fourth-order valence-electron chi connectivity index (χ4n) is 1.96. The molecule has 1 rings (SSSR count). The predicted molar refractivity (Wildman–Crippen MR) is 106 cm³/mol. The Labute approximate surface area is 254 Å². The second-order valence-corrected chi connectivity index (χ2v) is 4.54. The molecule has 1 saturated carbocycles. The largest absolute Gasteiger partial charge is 0 e. The van der Waals surface area contributed by atoms with Gasteiger partial charge in [-0.1, -0.05) is 17.6 Å². The van der Waals surface area contributed by atoms with Crippen LogP contribution in [-0.4, -0.2) is 5.78 Å². The standard InChI is InChI=1S/C13H18O.12CO.2Co/c1-5-10-7-8-12(14)11(9-10)13(3,4)6-2;12*1-2;;/h2,5,11H,7-9H2,1,3-4H3;;;;;;;;;;;;;;/b10-5+;;;;;;;;;;;;;;. The molecule has 0 spiro atoms. The van der Waals surface area contributed by atoms with Gasteiger partial charge >= 0.3 is 136 Å². The van der Waals surface area contributed by atoms with Gasteiger partial charge in [-0.2, -0.15) is 0 Å². The van der Waals surface area contributed by atoms with Gasteiger partial charge in [-0.25, -0.2) is 0 Å². The van der Waals surface area contributed by atoms with Gasteiger partial charge in [0.05, 0.1) is 0 Å². The van der Waals surface area contributed by atoms with E-state index in [2.05, 4.69) is 91.8 Å². The molecule has 2 radical (unpaired) electrons. The van der Waals surface area contributed by atoms with E-state index in [0.717, 1.165) is 12.8 Å². The molecule has 214 valence electrons. The van der Waals surface area contributed by atoms with E-state index in [-0.39, 0.29) is 44.9 Å². The van der Waals surface area contributed by atoms with Gasteiger partial charge in [0.15, 0.2) is 0 Å². The Balaban J connectivity index is -0.0000000185. The van der Waals surface area contributed by atoms with Crippen molar-refractivity contribution in [3.05, 3.63) is 91.5 Å². The summed E-state index contributed by atoms with van der Waals surface area (Å²) in [4.78, 5) is 11.7. The molecule has 1 aliphatic rings. The summed E-state index contributed by atoms with van der Waals surface area (Å²) >= 11 is 0. The first kappa shape index (κ1) is 90.7. The Morgan fingerprint density at radius 2 is 0.850 bits per heavy atom. The summed E-state index contributed by atoms with van der Waals surface area (Å²) in [6.45, 7) is 60.0. The zero-order valence-electron chi connectivity index (χ0n) is 20.8. The quantitative estimate of drug-likeness (QED) is 0.177. The number of carbonyl (C=O) groups is 1. The van der Waals surface area contributed by atoms with Crippen LogP contribution in [0.5, 0.6) is 0 Å². The predicted octanol–water partition coefficient (Wildman–Crippen LogP) is 2.51. The molecule has 0 aliphatic heterocycles. The Bertz CT molecular complexity index is 665. The molecule has 1 unspecified atom stereocenters. The van der Waals surface area contributed by atoms with Crippen LogP contribution in [0, 0.1) is 103 Å². The van der Waals surface area contributed by atoms with Crippen LogP contribution in [0.1, 0.15) is 40.0 Å². The van der Waals surface area contributed by atoms with Crippen molar-refractivity contribution in [2.75, 3.05) is 0 Å². The molecular formula is C25H18Co2O13. The molecule has 0 bridgehead atoms. The van der Waals surface area contributed by atoms with E-state index in [4.69, 9.17) is 62.2 Å². The van der Waals surface area contributed by atoms with Gasteiger partial charge in [-0.05, 0) is 33.6 Å². The molecule has 0 amide bonds. The maximum atomic E-state index is 11.7. The van der Waals surface area contributed by atoms with Crippen molar-refractivity contribution in [3.8, 4) is 12.3 Å². The fourth-order valence-corrected chi connectivity index (χ4v) is 1.96. The van der Waals surface area contributed by atoms with E-state index in [1.165, 1.54) is 5.57 Å². The Morgan fingerprint density at radius 3 is 1.02 bits per heavy atom. The number of hydrogen-bond acceptors (Lipinski definition) is 1. The van der Waals surface area contributed by atoms with Crippen LogP contribution in [-0.2, 0) is 94.2 Å². The summed E-state index contributed by atoms with van der Waals surface area (Å²) < 4.78 is 90.0. The van der Waals surface area contributed by atoms with E-state index in [0.29, 0.717) is 12.2 Å². The van der Waals surface area contributed by atoms with Crippen molar-refractivity contribution < 1.29 is 94.2 Å². The van der Waals surface area contributed by atoms with E-state index >= 15 is 0 Å². The molecule has 0 heterocycles. The Morgan fingerprint density at radius 1 is 0.625 bits per heavy atom. The number of rotatable bonds is 1. The molecule has 0 saturated heterocycles. The van der Waals surface area contributed by atoms with Crippen molar-refractivity contribution >= 4 is 5.78 Å². The van der Waals surface area contributed by atoms with Crippen molar-refractivity contribution in [1.82, 2.24) is 0 Å². The van der Waals surface area contributed by atoms with E-state index < -0.39 is 0 Å². The first-order valence-electron chi connectivity index (χ1n) is 7.60. The number of ketones is 1. The molecule has 1 atom stereocenters. The smallest absolute Gasteiger partial charge is 0 e. The van der Waals surface area contributed by atoms with Crippen LogP contribution in [0.25, 0.3) is 0 Å². The molecule has 0 N–H and O–H groups in total. The number of terminal acetylenes is 1. The minimum atomic E-state index is -0.300. The van der Waals surface area contributed by atoms with Gasteiger partial charge in [-0.15, -0.1) is 6.42 Å². The van der Waals surface area contributed by atoms with Crippen molar-refractivity contribution in [1.29, 1.82) is 0 Å². The van der Waals surface area contributed by atoms with Crippen LogP contribution in [0.15, 0.2) is 11.6 Å². The van der Waals surface area contributed by atoms with Crippen molar-refractivity contribution in [2.45, 2.75) is 40.0 Å². The van der Waals surface area contributed by atoms with Crippen LogP contribution in [0.3, 0.4) is 0 Å². The summed E-state index contributed by atoms with van der Waals surface area (Å²) in [5.74, 6) is 3.09. The van der Waals surface area contributed by atoms with Gasteiger partial charge in [0, 0.05) is 51.3 Å². The normalized spacial score (nSPS) is 9.80. The van der Waals surface area contributed by atoms with Crippen molar-refractivity contribution in [3.63, 3.8) is 0 Å². The van der Waals surface area contributed by atoms with Gasteiger partial charge < -0.3 is 0 Å². The SMILES string of the molecule is C#CC(C)(C)C1C/C(=C/C)CCC1=O.[C-]#[O+].[C-]#[O+].[C-]#[O+].[C-]#[O+].[C-]#[O+].[C-]#[O+].[C-]#[O+].[C-]#[O+].[C-]#[O+].[C-]#[O+].[C-]#[O+].[C-]#[O+].[Co].[Co]. The number of carbonyl (C=O) groups excluding carboxylic acids is 1. The van der Waals surface area contributed by atoms with Gasteiger partial charge in [0.1, 0.15) is 5.78 Å². The molecule has 40 heavy (non-hydrogen) atoms. The second kappa shape index (κ2) is 153. The maximum Gasteiger partial charge on any atom is 0 e. The van der Waals surface area contributed by atoms with Crippen LogP contribution < -0.4 is 0 Å². The van der Waals surface area contributed by atoms with Gasteiger partial charge in [0.25, 0.3) is 0 Å². The average molecular weight is 644 g/mol. The molecule has 1 aliphatic carbocycles. The zero-order valence-corrected chi connectivity index (χ0v) is 22.9. The second-order valence-electron chi connectivity index (χ2n) is 4.54. The summed E-state index contributed by atoms with van der Waals surface area (Å²) in [5, 5.41) is 0. The monoisotopic (exact) mass is 644 g/mol. The summed E-state index contributed by atoms with van der Waals surface area (Å²) in [7, 11) is 0. The molecular weight excluding hydrogens is 626 g/mol. The minimum Gasteiger partial charge on any atom is 0 e. The number of allylic oxidation sites excluding steroid dienone is 2. The van der Waals surface area contributed by atoms with Crippen molar-refractivity contribution in [2.24, 2.45) is 11.3 Å². The topological polar surface area (TPSA) is 256 Å². The first-order valence-corrected chi connectivity index (χ1v) is 7.60. The average Bonchev–Trinajstić information content (AvgIpc) is 3.08. The van der Waals surface area contributed by atoms with Crippen LogP contribution in [0.2, 0.25) is 0 Å². The molecule has 1 fully saturated rings. The molecule has 0 aromatic heterocycles.